The van der Waals surface area contributed by atoms with Crippen LogP contribution in [0.1, 0.15) is 96.0 Å². The lowest BCUT2D eigenvalue weighted by molar-refractivity contribution is -0.166. The summed E-state index contributed by atoms with van der Waals surface area (Å²) in [7, 11) is 0. The highest BCUT2D eigenvalue weighted by atomic mass is 16.5. The zero-order chi connectivity index (χ0) is 35.6. The first-order chi connectivity index (χ1) is 23.0. The second-order valence-corrected chi connectivity index (χ2v) is 11.6. The van der Waals surface area contributed by atoms with Crippen molar-refractivity contribution in [2.45, 2.75) is 96.8 Å². The number of hydrogen-bond donors (Lipinski definition) is 6. The Balaban J connectivity index is 1.99. The third-order valence-corrected chi connectivity index (χ3v) is 7.39. The summed E-state index contributed by atoms with van der Waals surface area (Å²) in [5.41, 5.74) is 0.945. The highest BCUT2D eigenvalue weighted by Gasteiger charge is 2.14. The van der Waals surface area contributed by atoms with Crippen LogP contribution in [0, 0.1) is 0 Å². The number of unbranched alkanes of at least 4 members (excludes halogenated alkanes) is 6. The molecule has 270 valence electrons. The van der Waals surface area contributed by atoms with Gasteiger partial charge in [0, 0.05) is 71.9 Å². The van der Waals surface area contributed by atoms with Gasteiger partial charge in [0.1, 0.15) is 0 Å². The third-order valence-electron chi connectivity index (χ3n) is 7.39. The van der Waals surface area contributed by atoms with Crippen LogP contribution in [0.3, 0.4) is 0 Å². The molecule has 0 bridgehead atoms. The number of nitrogens with one attached hydrogen (secondary N) is 3. The fourth-order valence-electron chi connectivity index (χ4n) is 4.50. The molecule has 0 aromatic heterocycles. The van der Waals surface area contributed by atoms with Crippen LogP contribution in [0.15, 0.2) is 30.3 Å². The van der Waals surface area contributed by atoms with Gasteiger partial charge in [0.05, 0.1) is 6.42 Å². The van der Waals surface area contributed by atoms with Crippen molar-refractivity contribution in [1.29, 1.82) is 0 Å². The molecule has 6 N–H and O–H groups in total. The van der Waals surface area contributed by atoms with Gasteiger partial charge in [-0.1, -0.05) is 30.3 Å². The molecule has 0 saturated carbocycles. The van der Waals surface area contributed by atoms with Gasteiger partial charge in [0.2, 0.25) is 35.4 Å². The van der Waals surface area contributed by atoms with Crippen LogP contribution in [0.25, 0.3) is 0 Å². The molecule has 1 aromatic carbocycles. The summed E-state index contributed by atoms with van der Waals surface area (Å²) in [5.74, 6) is -2.19. The molecule has 0 atom stereocenters. The van der Waals surface area contributed by atoms with Crippen LogP contribution in [0.5, 0.6) is 0 Å². The average molecular weight is 679 g/mol. The SMILES string of the molecule is CC(=O)N(O)CCCCCNC(=O)CCC(=O)N(O)CCCCCNC(=O)CCC(=O)N(O)CCCCCNC(=O)Cc1ccccc1. The summed E-state index contributed by atoms with van der Waals surface area (Å²) >= 11 is 0. The van der Waals surface area contributed by atoms with E-state index in [-0.39, 0.29) is 63.0 Å². The molecular weight excluding hydrogens is 624 g/mol. The quantitative estimate of drug-likeness (QED) is 0.0482. The van der Waals surface area contributed by atoms with E-state index in [2.05, 4.69) is 16.0 Å². The summed E-state index contributed by atoms with van der Waals surface area (Å²) in [5, 5.41) is 39.3. The molecule has 15 heteroatoms. The lowest BCUT2D eigenvalue weighted by Crippen LogP contribution is -2.31. The minimum absolute atomic E-state index is 0.0516. The lowest BCUT2D eigenvalue weighted by atomic mass is 10.1. The van der Waals surface area contributed by atoms with Crippen molar-refractivity contribution in [3.05, 3.63) is 35.9 Å². The lowest BCUT2D eigenvalue weighted by Gasteiger charge is -2.15. The molecule has 0 aliphatic heterocycles. The zero-order valence-electron chi connectivity index (χ0n) is 28.2. The maximum Gasteiger partial charge on any atom is 0.246 e. The second-order valence-electron chi connectivity index (χ2n) is 11.6. The summed E-state index contributed by atoms with van der Waals surface area (Å²) < 4.78 is 0. The molecule has 6 amide bonds. The van der Waals surface area contributed by atoms with Crippen LogP contribution < -0.4 is 16.0 Å². The van der Waals surface area contributed by atoms with E-state index in [1.165, 1.54) is 6.92 Å². The summed E-state index contributed by atoms with van der Waals surface area (Å²) in [4.78, 5) is 71.0. The minimum atomic E-state index is -0.559. The number of carbonyl (C=O) groups is 6. The molecule has 0 aliphatic rings. The van der Waals surface area contributed by atoms with E-state index in [1.54, 1.807) is 0 Å². The Morgan fingerprint density at radius 2 is 0.917 bits per heavy atom. The Morgan fingerprint density at radius 1 is 0.521 bits per heavy atom. The first-order valence-corrected chi connectivity index (χ1v) is 16.8. The van der Waals surface area contributed by atoms with Gasteiger partial charge in [0.25, 0.3) is 0 Å². The summed E-state index contributed by atoms with van der Waals surface area (Å²) in [6.07, 6.45) is 5.67. The van der Waals surface area contributed by atoms with E-state index in [9.17, 15) is 44.4 Å². The number of nitrogens with zero attached hydrogens (tertiary/aromatic N) is 3. The van der Waals surface area contributed by atoms with E-state index in [0.717, 1.165) is 18.4 Å². The normalized spacial score (nSPS) is 10.6. The predicted octanol–water partition coefficient (Wildman–Crippen LogP) is 2.32. The van der Waals surface area contributed by atoms with E-state index in [0.29, 0.717) is 86.2 Å². The van der Waals surface area contributed by atoms with Gasteiger partial charge in [-0.05, 0) is 63.4 Å². The molecule has 1 rings (SSSR count). The number of benzene rings is 1. The molecule has 0 aliphatic carbocycles. The van der Waals surface area contributed by atoms with Crippen LogP contribution in [0.4, 0.5) is 0 Å². The van der Waals surface area contributed by atoms with Gasteiger partial charge in [-0.2, -0.15) is 0 Å². The van der Waals surface area contributed by atoms with E-state index in [1.807, 2.05) is 30.3 Å². The Bertz CT molecular complexity index is 1120. The molecule has 1 aromatic rings. The van der Waals surface area contributed by atoms with Crippen molar-refractivity contribution in [2.75, 3.05) is 39.3 Å². The number of carbonyl (C=O) groups excluding carboxylic acids is 6. The largest absolute Gasteiger partial charge is 0.356 e. The second kappa shape index (κ2) is 25.9. The van der Waals surface area contributed by atoms with Crippen LogP contribution in [-0.4, -0.2) is 106 Å². The molecule has 48 heavy (non-hydrogen) atoms. The van der Waals surface area contributed by atoms with Gasteiger partial charge < -0.3 is 16.0 Å². The Morgan fingerprint density at radius 3 is 1.33 bits per heavy atom. The van der Waals surface area contributed by atoms with Crippen LogP contribution in [-0.2, 0) is 35.2 Å². The summed E-state index contributed by atoms with van der Waals surface area (Å²) in [6, 6.07) is 9.45. The highest BCUT2D eigenvalue weighted by molar-refractivity contribution is 5.83. The van der Waals surface area contributed by atoms with E-state index >= 15 is 0 Å². The van der Waals surface area contributed by atoms with Crippen molar-refractivity contribution in [3.63, 3.8) is 0 Å². The molecule has 0 spiro atoms. The van der Waals surface area contributed by atoms with Gasteiger partial charge in [-0.15, -0.1) is 0 Å². The smallest absolute Gasteiger partial charge is 0.246 e. The minimum Gasteiger partial charge on any atom is -0.356 e. The fourth-order valence-corrected chi connectivity index (χ4v) is 4.50. The first kappa shape index (κ1) is 41.9. The van der Waals surface area contributed by atoms with Crippen molar-refractivity contribution >= 4 is 35.4 Å². The Hall–Kier alpha value is -4.08. The number of hydrogen-bond acceptors (Lipinski definition) is 9. The molecule has 0 heterocycles. The Labute approximate surface area is 282 Å². The topological polar surface area (TPSA) is 209 Å². The van der Waals surface area contributed by atoms with Crippen molar-refractivity contribution in [3.8, 4) is 0 Å². The maximum atomic E-state index is 12.1. The molecule has 0 saturated heterocycles. The van der Waals surface area contributed by atoms with Gasteiger partial charge >= 0.3 is 0 Å². The van der Waals surface area contributed by atoms with Crippen molar-refractivity contribution in [1.82, 2.24) is 31.1 Å². The molecular formula is C33H54N6O9. The fraction of sp³-hybridized carbons (Fsp3) is 0.636. The maximum absolute atomic E-state index is 12.1. The van der Waals surface area contributed by atoms with Gasteiger partial charge in [0.15, 0.2) is 0 Å². The monoisotopic (exact) mass is 678 g/mol. The van der Waals surface area contributed by atoms with E-state index < -0.39 is 17.7 Å². The Kier molecular flexibility index (Phi) is 22.7. The average Bonchev–Trinajstić information content (AvgIpc) is 3.07. The third kappa shape index (κ3) is 21.7. The first-order valence-electron chi connectivity index (χ1n) is 16.8. The number of hydroxylamine groups is 6. The van der Waals surface area contributed by atoms with Gasteiger partial charge in [-0.3, -0.25) is 44.4 Å². The van der Waals surface area contributed by atoms with E-state index in [4.69, 9.17) is 0 Å². The van der Waals surface area contributed by atoms with Crippen molar-refractivity contribution in [2.24, 2.45) is 0 Å². The van der Waals surface area contributed by atoms with Crippen LogP contribution >= 0.6 is 0 Å². The van der Waals surface area contributed by atoms with Gasteiger partial charge in [-0.25, -0.2) is 15.2 Å². The molecule has 15 nitrogen and oxygen atoms in total. The van der Waals surface area contributed by atoms with Crippen LogP contribution in [0.2, 0.25) is 0 Å². The molecule has 0 fully saturated rings. The number of rotatable bonds is 26. The molecule has 0 unspecified atom stereocenters. The summed E-state index contributed by atoms with van der Waals surface area (Å²) in [6.45, 7) is 3.04. The predicted molar refractivity (Wildman–Crippen MR) is 175 cm³/mol. The highest BCUT2D eigenvalue weighted by Crippen LogP contribution is 2.04. The standard InChI is InChI=1S/C33H54N6O9/c1-27(40)37(46)23-11-3-8-20-34-29(41)16-18-32(44)38(47)24-12-4-9-21-35-30(42)17-19-33(45)39(48)25-13-5-10-22-36-31(43)26-28-14-6-2-7-15-28/h2,6-7,14-15,46-48H,3-5,8-13,16-26H2,1H3,(H,34,41)(H,35,42)(H,36,43). The zero-order valence-corrected chi connectivity index (χ0v) is 28.2. The number of amides is 6. The van der Waals surface area contributed by atoms with Crippen molar-refractivity contribution < 1.29 is 44.4 Å². The molecule has 0 radical (unpaired) electrons.